The Hall–Kier alpha value is -0.810. The van der Waals surface area contributed by atoms with Gasteiger partial charge in [0.05, 0.1) is 19.8 Å². The van der Waals surface area contributed by atoms with Crippen molar-refractivity contribution in [3.63, 3.8) is 0 Å². The molecule has 0 spiro atoms. The number of nitrogens with one attached hydrogen (secondary N) is 1. The van der Waals surface area contributed by atoms with Gasteiger partial charge in [-0.3, -0.25) is 9.89 Å². The third-order valence-corrected chi connectivity index (χ3v) is 3.60. The van der Waals surface area contributed by atoms with Crippen LogP contribution >= 0.6 is 0 Å². The molecule has 2 heterocycles. The Balaban J connectivity index is 1.83. The maximum atomic E-state index is 5.40. The number of morpholine rings is 1. The maximum absolute atomic E-state index is 5.40. The Bertz CT molecular complexity index is 284. The summed E-state index contributed by atoms with van der Waals surface area (Å²) in [7, 11) is 2.08. The van der Waals surface area contributed by atoms with Crippen molar-refractivity contribution in [1.82, 2.24) is 15.1 Å². The van der Waals surface area contributed by atoms with E-state index in [-0.39, 0.29) is 5.54 Å². The molecule has 0 aromatic carbocycles. The number of hydrogen-bond donors (Lipinski definition) is 1. The summed E-state index contributed by atoms with van der Waals surface area (Å²) in [5, 5.41) is 3.46. The molecule has 1 fully saturated rings. The lowest BCUT2D eigenvalue weighted by atomic mass is 10.0. The second-order valence-corrected chi connectivity index (χ2v) is 5.39. The number of nitrogens with zero attached hydrogens (tertiary/aromatic N) is 3. The fourth-order valence-electron chi connectivity index (χ4n) is 2.30. The second-order valence-electron chi connectivity index (χ2n) is 5.39. The zero-order valence-corrected chi connectivity index (χ0v) is 11.2. The molecular formula is C12H24N4O. The summed E-state index contributed by atoms with van der Waals surface area (Å²) in [4.78, 5) is 9.11. The highest BCUT2D eigenvalue weighted by Crippen LogP contribution is 2.15. The summed E-state index contributed by atoms with van der Waals surface area (Å²) in [6, 6.07) is 0. The first-order valence-corrected chi connectivity index (χ1v) is 6.42. The van der Waals surface area contributed by atoms with Crippen LogP contribution in [0.5, 0.6) is 0 Å². The standard InChI is InChI=1S/C12H24N4O/c1-12(2,16-6-8-17-9-7-16)10-14-11-13-4-5-15(11)3/h4-10H2,1-3H3,(H,13,14). The van der Waals surface area contributed by atoms with Crippen LogP contribution < -0.4 is 5.32 Å². The summed E-state index contributed by atoms with van der Waals surface area (Å²) in [6.07, 6.45) is 0. The summed E-state index contributed by atoms with van der Waals surface area (Å²) in [6.45, 7) is 11.2. The molecule has 0 radical (unpaired) electrons. The van der Waals surface area contributed by atoms with Gasteiger partial charge in [0.1, 0.15) is 0 Å². The molecule has 98 valence electrons. The van der Waals surface area contributed by atoms with Crippen molar-refractivity contribution in [2.24, 2.45) is 4.99 Å². The largest absolute Gasteiger partial charge is 0.379 e. The number of ether oxygens (including phenoxy) is 1. The van der Waals surface area contributed by atoms with E-state index in [0.717, 1.165) is 51.9 Å². The molecule has 0 atom stereocenters. The molecular weight excluding hydrogens is 216 g/mol. The van der Waals surface area contributed by atoms with Crippen molar-refractivity contribution < 1.29 is 4.74 Å². The van der Waals surface area contributed by atoms with Crippen LogP contribution in [0.25, 0.3) is 0 Å². The molecule has 2 aliphatic rings. The van der Waals surface area contributed by atoms with Gasteiger partial charge in [0.2, 0.25) is 0 Å². The number of guanidine groups is 1. The van der Waals surface area contributed by atoms with Gasteiger partial charge in [-0.2, -0.15) is 0 Å². The lowest BCUT2D eigenvalue weighted by Crippen LogP contribution is -2.56. The summed E-state index contributed by atoms with van der Waals surface area (Å²) in [5.74, 6) is 1.03. The van der Waals surface area contributed by atoms with Crippen LogP contribution in [0.4, 0.5) is 0 Å². The van der Waals surface area contributed by atoms with Crippen LogP contribution in [-0.2, 0) is 4.74 Å². The molecule has 2 rings (SSSR count). The Morgan fingerprint density at radius 3 is 2.59 bits per heavy atom. The van der Waals surface area contributed by atoms with Crippen molar-refractivity contribution in [2.45, 2.75) is 19.4 Å². The van der Waals surface area contributed by atoms with Gasteiger partial charge in [0, 0.05) is 38.8 Å². The molecule has 1 saturated heterocycles. The third kappa shape index (κ3) is 3.10. The van der Waals surface area contributed by atoms with Crippen LogP contribution in [0, 0.1) is 0 Å². The molecule has 0 aromatic heterocycles. The minimum atomic E-state index is 0.149. The fourth-order valence-corrected chi connectivity index (χ4v) is 2.30. The van der Waals surface area contributed by atoms with Gasteiger partial charge in [0.15, 0.2) is 5.96 Å². The van der Waals surface area contributed by atoms with E-state index in [0.29, 0.717) is 0 Å². The highest BCUT2D eigenvalue weighted by Gasteiger charge is 2.28. The van der Waals surface area contributed by atoms with Gasteiger partial charge < -0.3 is 15.0 Å². The molecule has 2 aliphatic heterocycles. The Morgan fingerprint density at radius 2 is 2.00 bits per heavy atom. The average Bonchev–Trinajstić information content (AvgIpc) is 2.74. The minimum absolute atomic E-state index is 0.149. The SMILES string of the molecule is CN1CCN=C1NCC(C)(C)N1CCOCC1. The molecule has 1 N–H and O–H groups in total. The molecule has 0 saturated carbocycles. The highest BCUT2D eigenvalue weighted by molar-refractivity contribution is 5.81. The number of hydrogen-bond acceptors (Lipinski definition) is 5. The molecule has 0 aromatic rings. The van der Waals surface area contributed by atoms with Crippen LogP contribution in [0.3, 0.4) is 0 Å². The first kappa shape index (κ1) is 12.6. The topological polar surface area (TPSA) is 40.1 Å². The summed E-state index contributed by atoms with van der Waals surface area (Å²) < 4.78 is 5.40. The molecule has 0 unspecified atom stereocenters. The first-order chi connectivity index (χ1) is 8.09. The van der Waals surface area contributed by atoms with Crippen LogP contribution in [-0.4, -0.2) is 74.3 Å². The Morgan fingerprint density at radius 1 is 1.29 bits per heavy atom. The predicted molar refractivity (Wildman–Crippen MR) is 69.4 cm³/mol. The first-order valence-electron chi connectivity index (χ1n) is 6.42. The zero-order chi connectivity index (χ0) is 12.3. The van der Waals surface area contributed by atoms with Gasteiger partial charge in [-0.25, -0.2) is 0 Å². The lowest BCUT2D eigenvalue weighted by Gasteiger charge is -2.41. The van der Waals surface area contributed by atoms with E-state index in [9.17, 15) is 0 Å². The van der Waals surface area contributed by atoms with Crippen molar-refractivity contribution in [3.05, 3.63) is 0 Å². The number of rotatable bonds is 3. The van der Waals surface area contributed by atoms with Gasteiger partial charge in [-0.05, 0) is 13.8 Å². The van der Waals surface area contributed by atoms with Crippen LogP contribution in [0.1, 0.15) is 13.8 Å². The highest BCUT2D eigenvalue weighted by atomic mass is 16.5. The van der Waals surface area contributed by atoms with Gasteiger partial charge in [-0.15, -0.1) is 0 Å². The summed E-state index contributed by atoms with van der Waals surface area (Å²) in [5.41, 5.74) is 0.149. The number of aliphatic imine (C=N–C) groups is 1. The van der Waals surface area contributed by atoms with Gasteiger partial charge in [0.25, 0.3) is 0 Å². The molecule has 0 amide bonds. The van der Waals surface area contributed by atoms with E-state index in [1.807, 2.05) is 0 Å². The molecule has 5 nitrogen and oxygen atoms in total. The second kappa shape index (κ2) is 5.23. The molecule has 0 aliphatic carbocycles. The minimum Gasteiger partial charge on any atom is -0.379 e. The van der Waals surface area contributed by atoms with Crippen molar-refractivity contribution in [1.29, 1.82) is 0 Å². The predicted octanol–water partition coefficient (Wildman–Crippen LogP) is -0.0118. The zero-order valence-electron chi connectivity index (χ0n) is 11.2. The fraction of sp³-hybridized carbons (Fsp3) is 0.917. The quantitative estimate of drug-likeness (QED) is 0.753. The normalized spacial score (nSPS) is 22.8. The molecule has 17 heavy (non-hydrogen) atoms. The van der Waals surface area contributed by atoms with Crippen LogP contribution in [0.15, 0.2) is 4.99 Å². The Kier molecular flexibility index (Phi) is 3.89. The van der Waals surface area contributed by atoms with Crippen molar-refractivity contribution >= 4 is 5.96 Å². The van der Waals surface area contributed by atoms with E-state index in [1.54, 1.807) is 0 Å². The monoisotopic (exact) mass is 240 g/mol. The molecule has 0 bridgehead atoms. The van der Waals surface area contributed by atoms with E-state index >= 15 is 0 Å². The van der Waals surface area contributed by atoms with Crippen molar-refractivity contribution in [3.8, 4) is 0 Å². The van der Waals surface area contributed by atoms with Crippen LogP contribution in [0.2, 0.25) is 0 Å². The van der Waals surface area contributed by atoms with E-state index in [1.165, 1.54) is 0 Å². The summed E-state index contributed by atoms with van der Waals surface area (Å²) >= 11 is 0. The maximum Gasteiger partial charge on any atom is 0.193 e. The van der Waals surface area contributed by atoms with E-state index in [2.05, 4.69) is 41.0 Å². The van der Waals surface area contributed by atoms with Gasteiger partial charge in [-0.1, -0.05) is 0 Å². The lowest BCUT2D eigenvalue weighted by molar-refractivity contribution is -0.00842. The smallest absolute Gasteiger partial charge is 0.193 e. The van der Waals surface area contributed by atoms with E-state index < -0.39 is 0 Å². The van der Waals surface area contributed by atoms with Gasteiger partial charge >= 0.3 is 0 Å². The van der Waals surface area contributed by atoms with Crippen molar-refractivity contribution in [2.75, 3.05) is 53.0 Å². The molecule has 5 heteroatoms. The number of likely N-dealkylation sites (N-methyl/N-ethyl adjacent to an activating group) is 1. The average molecular weight is 240 g/mol. The Labute approximate surface area is 104 Å². The third-order valence-electron chi connectivity index (χ3n) is 3.60. The van der Waals surface area contributed by atoms with E-state index in [4.69, 9.17) is 4.74 Å².